The van der Waals surface area contributed by atoms with E-state index in [0.717, 1.165) is 12.4 Å². The van der Waals surface area contributed by atoms with Gasteiger partial charge in [0.05, 0.1) is 19.7 Å². The van der Waals surface area contributed by atoms with Gasteiger partial charge in [-0.1, -0.05) is 0 Å². The van der Waals surface area contributed by atoms with Crippen LogP contribution in [0.2, 0.25) is 0 Å². The number of fused-ring (bicyclic) bond motifs is 2. The highest BCUT2D eigenvalue weighted by Crippen LogP contribution is 2.40. The zero-order valence-electron chi connectivity index (χ0n) is 15.9. The van der Waals surface area contributed by atoms with E-state index in [-0.39, 0.29) is 11.9 Å². The predicted octanol–water partition coefficient (Wildman–Crippen LogP) is 0.662. The van der Waals surface area contributed by atoms with Crippen LogP contribution in [0.4, 0.5) is 0 Å². The van der Waals surface area contributed by atoms with Crippen molar-refractivity contribution in [3.63, 3.8) is 0 Å². The number of nitrogens with zero attached hydrogens (tertiary/aromatic N) is 3. The van der Waals surface area contributed by atoms with E-state index in [9.17, 15) is 9.59 Å². The molecule has 3 heterocycles. The minimum Gasteiger partial charge on any atom is -0.465 e. The monoisotopic (exact) mass is 376 g/mol. The summed E-state index contributed by atoms with van der Waals surface area (Å²) in [5.74, 6) is 1.30. The van der Waals surface area contributed by atoms with Crippen LogP contribution < -0.4 is 5.32 Å². The van der Waals surface area contributed by atoms with Crippen LogP contribution in [0.15, 0.2) is 12.4 Å². The fourth-order valence-corrected chi connectivity index (χ4v) is 4.02. The molecule has 0 radical (unpaired) electrons. The maximum atomic E-state index is 12.6. The minimum absolute atomic E-state index is 0.0328. The van der Waals surface area contributed by atoms with Gasteiger partial charge in [-0.2, -0.15) is 0 Å². The Morgan fingerprint density at radius 2 is 2.15 bits per heavy atom. The summed E-state index contributed by atoms with van der Waals surface area (Å²) in [6.07, 6.45) is 7.02. The molecular formula is C19H28N4O4. The molecule has 148 valence electrons. The summed E-state index contributed by atoms with van der Waals surface area (Å²) in [5.41, 5.74) is -0.561. The molecule has 2 fully saturated rings. The maximum Gasteiger partial charge on any atom is 0.320 e. The molecule has 3 aliphatic rings. The van der Waals surface area contributed by atoms with E-state index in [2.05, 4.69) is 15.2 Å². The Hall–Kier alpha value is -1.93. The number of carbonyl (C=O) groups is 2. The number of nitrogens with one attached hydrogen (secondary N) is 1. The Morgan fingerprint density at radius 1 is 1.37 bits per heavy atom. The highest BCUT2D eigenvalue weighted by molar-refractivity contribution is 5.81. The zero-order chi connectivity index (χ0) is 18.9. The molecule has 8 heteroatoms. The van der Waals surface area contributed by atoms with Crippen LogP contribution in [0.25, 0.3) is 0 Å². The molecule has 1 N–H and O–H groups in total. The Balaban J connectivity index is 1.42. The summed E-state index contributed by atoms with van der Waals surface area (Å²) in [7, 11) is 0. The topological polar surface area (TPSA) is 85.7 Å². The van der Waals surface area contributed by atoms with Gasteiger partial charge < -0.3 is 19.4 Å². The van der Waals surface area contributed by atoms with E-state index in [1.54, 1.807) is 6.20 Å². The number of piperidine rings is 1. The molecule has 1 aliphatic carbocycles. The number of aromatic nitrogens is 2. The van der Waals surface area contributed by atoms with Gasteiger partial charge in [0.25, 0.3) is 5.91 Å². The van der Waals surface area contributed by atoms with Gasteiger partial charge in [0, 0.05) is 32.0 Å². The number of esters is 1. The first-order chi connectivity index (χ1) is 13.1. The van der Waals surface area contributed by atoms with Crippen molar-refractivity contribution in [3.8, 4) is 0 Å². The molecule has 1 saturated heterocycles. The molecule has 1 amide bonds. The van der Waals surface area contributed by atoms with Crippen LogP contribution in [0, 0.1) is 5.92 Å². The van der Waals surface area contributed by atoms with Crippen molar-refractivity contribution in [2.24, 2.45) is 5.92 Å². The second-order valence-corrected chi connectivity index (χ2v) is 7.77. The molecule has 1 aromatic rings. The van der Waals surface area contributed by atoms with Gasteiger partial charge in [0.1, 0.15) is 11.4 Å². The Labute approximate surface area is 159 Å². The van der Waals surface area contributed by atoms with Gasteiger partial charge in [-0.3, -0.25) is 14.5 Å². The first kappa shape index (κ1) is 18.4. The minimum atomic E-state index is -0.561. The first-order valence-corrected chi connectivity index (χ1v) is 9.95. The van der Waals surface area contributed by atoms with Crippen molar-refractivity contribution in [2.45, 2.75) is 50.9 Å². The van der Waals surface area contributed by atoms with Crippen LogP contribution in [-0.2, 0) is 31.2 Å². The van der Waals surface area contributed by atoms with Crippen molar-refractivity contribution in [1.29, 1.82) is 0 Å². The highest BCUT2D eigenvalue weighted by Gasteiger charge is 2.47. The summed E-state index contributed by atoms with van der Waals surface area (Å²) in [6, 6.07) is 0. The van der Waals surface area contributed by atoms with E-state index in [1.807, 2.05) is 17.7 Å². The number of ether oxygens (including phenoxy) is 2. The maximum absolute atomic E-state index is 12.6. The third-order valence-corrected chi connectivity index (χ3v) is 5.73. The fraction of sp³-hybridized carbons (Fsp3) is 0.737. The number of imidazole rings is 1. The summed E-state index contributed by atoms with van der Waals surface area (Å²) in [6.45, 7) is 5.17. The van der Waals surface area contributed by atoms with E-state index >= 15 is 0 Å². The quantitative estimate of drug-likeness (QED) is 0.735. The molecule has 2 aliphatic heterocycles. The molecule has 4 rings (SSSR count). The Bertz CT molecular complexity index is 692. The molecule has 0 unspecified atom stereocenters. The molecule has 1 atom stereocenters. The van der Waals surface area contributed by atoms with Crippen molar-refractivity contribution < 1.29 is 19.1 Å². The smallest absolute Gasteiger partial charge is 0.320 e. The number of hydrogen-bond acceptors (Lipinski definition) is 6. The van der Waals surface area contributed by atoms with E-state index in [0.29, 0.717) is 51.5 Å². The molecule has 0 aromatic carbocycles. The van der Waals surface area contributed by atoms with Crippen LogP contribution in [0.3, 0.4) is 0 Å². The lowest BCUT2D eigenvalue weighted by Crippen LogP contribution is -2.54. The third kappa shape index (κ3) is 4.01. The normalized spacial score (nSPS) is 24.4. The summed E-state index contributed by atoms with van der Waals surface area (Å²) in [4.78, 5) is 31.0. The van der Waals surface area contributed by atoms with Crippen LogP contribution in [-0.4, -0.2) is 65.2 Å². The third-order valence-electron chi connectivity index (χ3n) is 5.73. The van der Waals surface area contributed by atoms with Gasteiger partial charge in [-0.05, 0) is 38.5 Å². The Morgan fingerprint density at radius 3 is 2.85 bits per heavy atom. The number of amides is 1. The van der Waals surface area contributed by atoms with Crippen LogP contribution >= 0.6 is 0 Å². The number of hydrogen-bond donors (Lipinski definition) is 1. The standard InChI is InChI=1S/C19H28N4O4/c1-2-26-16(24)13-22-8-5-19(6-9-22)18-20-7-10-23(18)12-15(27-19)17(25)21-11-14-3-4-14/h7,10,14-15H,2-6,8-9,11-13H2,1H3,(H,21,25)/t15-/m1/s1. The lowest BCUT2D eigenvalue weighted by atomic mass is 9.88. The second-order valence-electron chi connectivity index (χ2n) is 7.77. The molecule has 1 saturated carbocycles. The number of likely N-dealkylation sites (tertiary alicyclic amines) is 1. The van der Waals surface area contributed by atoms with Gasteiger partial charge in [-0.25, -0.2) is 4.98 Å². The Kier molecular flexibility index (Phi) is 5.19. The van der Waals surface area contributed by atoms with E-state index in [4.69, 9.17) is 9.47 Å². The summed E-state index contributed by atoms with van der Waals surface area (Å²) >= 11 is 0. The number of carbonyl (C=O) groups excluding carboxylic acids is 2. The molecule has 0 bridgehead atoms. The van der Waals surface area contributed by atoms with Crippen LogP contribution in [0.1, 0.15) is 38.4 Å². The average Bonchev–Trinajstić information content (AvgIpc) is 3.36. The predicted molar refractivity (Wildman–Crippen MR) is 96.8 cm³/mol. The molecular weight excluding hydrogens is 348 g/mol. The van der Waals surface area contributed by atoms with Crippen molar-refractivity contribution in [1.82, 2.24) is 19.8 Å². The van der Waals surface area contributed by atoms with Gasteiger partial charge >= 0.3 is 5.97 Å². The van der Waals surface area contributed by atoms with Crippen molar-refractivity contribution in [2.75, 3.05) is 32.8 Å². The second kappa shape index (κ2) is 7.59. The van der Waals surface area contributed by atoms with Crippen LogP contribution in [0.5, 0.6) is 0 Å². The van der Waals surface area contributed by atoms with Crippen molar-refractivity contribution >= 4 is 11.9 Å². The molecule has 27 heavy (non-hydrogen) atoms. The molecule has 1 spiro atoms. The number of rotatable bonds is 6. The van der Waals surface area contributed by atoms with Crippen molar-refractivity contribution in [3.05, 3.63) is 18.2 Å². The summed E-state index contributed by atoms with van der Waals surface area (Å²) in [5, 5.41) is 3.04. The lowest BCUT2D eigenvalue weighted by molar-refractivity contribution is -0.174. The zero-order valence-corrected chi connectivity index (χ0v) is 15.9. The molecule has 8 nitrogen and oxygen atoms in total. The van der Waals surface area contributed by atoms with Gasteiger partial charge in [-0.15, -0.1) is 0 Å². The average molecular weight is 376 g/mol. The largest absolute Gasteiger partial charge is 0.465 e. The van der Waals surface area contributed by atoms with Gasteiger partial charge in [0.15, 0.2) is 6.10 Å². The SMILES string of the molecule is CCOC(=O)CN1CCC2(CC1)O[C@@H](C(=O)NCC1CC1)Cn1ccnc12. The van der Waals surface area contributed by atoms with E-state index < -0.39 is 11.7 Å². The molecule has 1 aromatic heterocycles. The summed E-state index contributed by atoms with van der Waals surface area (Å²) < 4.78 is 13.5. The van der Waals surface area contributed by atoms with E-state index in [1.165, 1.54) is 12.8 Å². The lowest BCUT2D eigenvalue weighted by Gasteiger charge is -2.45. The fourth-order valence-electron chi connectivity index (χ4n) is 4.02. The first-order valence-electron chi connectivity index (χ1n) is 9.95. The van der Waals surface area contributed by atoms with Gasteiger partial charge in [0.2, 0.25) is 0 Å². The highest BCUT2D eigenvalue weighted by atomic mass is 16.5.